The zero-order valence-corrected chi connectivity index (χ0v) is 14.6. The Hall–Kier alpha value is -1.72. The van der Waals surface area contributed by atoms with Crippen molar-refractivity contribution in [3.05, 3.63) is 47.6 Å². The van der Waals surface area contributed by atoms with Gasteiger partial charge < -0.3 is 15.2 Å². The standard InChI is InChI=1S/C20H26N4O/c1-2-4-14(5-3-1)16-12-17(16)22-13-20(8-9-20)19-23-18(25-24-19)15-6-10-21-11-7-15/h1-5,15-17,21-22H,6-13H2/t16?,17-/m0/s1. The second-order valence-electron chi connectivity index (χ2n) is 8.00. The van der Waals surface area contributed by atoms with Crippen molar-refractivity contribution in [3.63, 3.8) is 0 Å². The van der Waals surface area contributed by atoms with Gasteiger partial charge in [-0.1, -0.05) is 35.5 Å². The highest BCUT2D eigenvalue weighted by Gasteiger charge is 2.50. The highest BCUT2D eigenvalue weighted by atomic mass is 16.5. The molecule has 25 heavy (non-hydrogen) atoms. The van der Waals surface area contributed by atoms with Crippen LogP contribution in [0.2, 0.25) is 0 Å². The van der Waals surface area contributed by atoms with Crippen LogP contribution in [0.3, 0.4) is 0 Å². The summed E-state index contributed by atoms with van der Waals surface area (Å²) in [6.07, 6.45) is 5.80. The normalized spacial score (nSPS) is 28.0. The van der Waals surface area contributed by atoms with Gasteiger partial charge in [0.05, 0.1) is 0 Å². The summed E-state index contributed by atoms with van der Waals surface area (Å²) in [4.78, 5) is 4.80. The molecule has 2 aromatic rings. The summed E-state index contributed by atoms with van der Waals surface area (Å²) in [5.41, 5.74) is 1.58. The van der Waals surface area contributed by atoms with Crippen LogP contribution < -0.4 is 10.6 Å². The van der Waals surface area contributed by atoms with Gasteiger partial charge in [-0.2, -0.15) is 4.98 Å². The molecule has 2 heterocycles. The minimum Gasteiger partial charge on any atom is -0.339 e. The molecule has 3 aliphatic rings. The number of benzene rings is 1. The van der Waals surface area contributed by atoms with E-state index >= 15 is 0 Å². The summed E-state index contributed by atoms with van der Waals surface area (Å²) in [7, 11) is 0. The minimum atomic E-state index is 0.124. The molecule has 5 heteroatoms. The Kier molecular flexibility index (Phi) is 3.86. The third-order valence-electron chi connectivity index (χ3n) is 6.18. The molecular weight excluding hydrogens is 312 g/mol. The Bertz CT molecular complexity index is 718. The van der Waals surface area contributed by atoms with E-state index in [0.717, 1.165) is 44.2 Å². The number of aromatic nitrogens is 2. The molecule has 2 saturated carbocycles. The van der Waals surface area contributed by atoms with Crippen LogP contribution in [0.25, 0.3) is 0 Å². The topological polar surface area (TPSA) is 63.0 Å². The molecule has 1 saturated heterocycles. The van der Waals surface area contributed by atoms with Crippen molar-refractivity contribution in [1.82, 2.24) is 20.8 Å². The highest BCUT2D eigenvalue weighted by Crippen LogP contribution is 2.48. The molecule has 1 unspecified atom stereocenters. The number of piperidine rings is 1. The van der Waals surface area contributed by atoms with Crippen LogP contribution in [0.1, 0.15) is 61.2 Å². The molecule has 1 aromatic carbocycles. The summed E-state index contributed by atoms with van der Waals surface area (Å²) in [6.45, 7) is 3.08. The Balaban J connectivity index is 1.20. The number of hydrogen-bond donors (Lipinski definition) is 2. The van der Waals surface area contributed by atoms with E-state index in [1.807, 2.05) is 0 Å². The molecule has 1 aliphatic heterocycles. The van der Waals surface area contributed by atoms with E-state index in [4.69, 9.17) is 9.51 Å². The van der Waals surface area contributed by atoms with Gasteiger partial charge in [0.15, 0.2) is 5.82 Å². The maximum atomic E-state index is 5.63. The van der Waals surface area contributed by atoms with Crippen molar-refractivity contribution in [2.45, 2.75) is 55.4 Å². The molecule has 0 amide bonds. The van der Waals surface area contributed by atoms with Crippen LogP contribution >= 0.6 is 0 Å². The molecule has 3 fully saturated rings. The molecular formula is C20H26N4O. The van der Waals surface area contributed by atoms with Crippen molar-refractivity contribution in [2.75, 3.05) is 19.6 Å². The lowest BCUT2D eigenvalue weighted by Crippen LogP contribution is -2.30. The zero-order chi connectivity index (χ0) is 16.7. The summed E-state index contributed by atoms with van der Waals surface area (Å²) in [5.74, 6) is 2.91. The van der Waals surface area contributed by atoms with Crippen molar-refractivity contribution >= 4 is 0 Å². The van der Waals surface area contributed by atoms with E-state index in [9.17, 15) is 0 Å². The molecule has 132 valence electrons. The molecule has 2 aliphatic carbocycles. The number of hydrogen-bond acceptors (Lipinski definition) is 5. The first-order valence-corrected chi connectivity index (χ1v) is 9.67. The smallest absolute Gasteiger partial charge is 0.229 e. The largest absolute Gasteiger partial charge is 0.339 e. The molecule has 0 spiro atoms. The third-order valence-corrected chi connectivity index (χ3v) is 6.18. The Labute approximate surface area is 148 Å². The Morgan fingerprint density at radius 1 is 1.16 bits per heavy atom. The lowest BCUT2D eigenvalue weighted by molar-refractivity contribution is 0.316. The molecule has 2 atom stereocenters. The first-order valence-electron chi connectivity index (χ1n) is 9.67. The van der Waals surface area contributed by atoms with Gasteiger partial charge in [0.1, 0.15) is 0 Å². The van der Waals surface area contributed by atoms with Crippen molar-refractivity contribution < 1.29 is 4.52 Å². The van der Waals surface area contributed by atoms with Crippen LogP contribution in [0, 0.1) is 0 Å². The summed E-state index contributed by atoms with van der Waals surface area (Å²) < 4.78 is 5.63. The molecule has 2 N–H and O–H groups in total. The lowest BCUT2D eigenvalue weighted by Gasteiger charge is -2.18. The van der Waals surface area contributed by atoms with Crippen LogP contribution in [0.15, 0.2) is 34.9 Å². The SMILES string of the molecule is c1ccc(C2C[C@@H]2NCC2(c3noc(C4CCNCC4)n3)CC2)cc1. The first kappa shape index (κ1) is 15.5. The minimum absolute atomic E-state index is 0.124. The fourth-order valence-electron chi connectivity index (χ4n) is 4.13. The number of rotatable bonds is 6. The average molecular weight is 338 g/mol. The van der Waals surface area contributed by atoms with Gasteiger partial charge in [-0.25, -0.2) is 0 Å². The molecule has 5 nitrogen and oxygen atoms in total. The maximum Gasteiger partial charge on any atom is 0.229 e. The van der Waals surface area contributed by atoms with Gasteiger partial charge in [0.2, 0.25) is 5.89 Å². The Morgan fingerprint density at radius 2 is 1.96 bits per heavy atom. The zero-order valence-electron chi connectivity index (χ0n) is 14.6. The first-order chi connectivity index (χ1) is 12.3. The van der Waals surface area contributed by atoms with Gasteiger partial charge >= 0.3 is 0 Å². The van der Waals surface area contributed by atoms with E-state index in [2.05, 4.69) is 46.1 Å². The second kappa shape index (κ2) is 6.22. The van der Waals surface area contributed by atoms with Gasteiger partial charge in [-0.15, -0.1) is 0 Å². The van der Waals surface area contributed by atoms with Crippen molar-refractivity contribution in [1.29, 1.82) is 0 Å². The fraction of sp³-hybridized carbons (Fsp3) is 0.600. The lowest BCUT2D eigenvalue weighted by atomic mass is 9.98. The van der Waals surface area contributed by atoms with Gasteiger partial charge in [0, 0.05) is 29.8 Å². The van der Waals surface area contributed by atoms with Crippen LogP contribution in [0.5, 0.6) is 0 Å². The van der Waals surface area contributed by atoms with E-state index in [-0.39, 0.29) is 5.41 Å². The molecule has 0 radical (unpaired) electrons. The van der Waals surface area contributed by atoms with Crippen LogP contribution in [0.4, 0.5) is 0 Å². The fourth-order valence-corrected chi connectivity index (χ4v) is 4.13. The van der Waals surface area contributed by atoms with Gasteiger partial charge in [0.25, 0.3) is 0 Å². The molecule has 5 rings (SSSR count). The van der Waals surface area contributed by atoms with E-state index < -0.39 is 0 Å². The molecule has 1 aromatic heterocycles. The van der Waals surface area contributed by atoms with E-state index in [0.29, 0.717) is 17.9 Å². The second-order valence-corrected chi connectivity index (χ2v) is 8.00. The average Bonchev–Trinajstić information content (AvgIpc) is 3.58. The van der Waals surface area contributed by atoms with E-state index in [1.165, 1.54) is 24.8 Å². The van der Waals surface area contributed by atoms with Crippen LogP contribution in [-0.4, -0.2) is 35.8 Å². The Morgan fingerprint density at radius 3 is 2.72 bits per heavy atom. The predicted octanol–water partition coefficient (Wildman–Crippen LogP) is 2.71. The van der Waals surface area contributed by atoms with Gasteiger partial charge in [-0.3, -0.25) is 0 Å². The van der Waals surface area contributed by atoms with Crippen LogP contribution in [-0.2, 0) is 5.41 Å². The summed E-state index contributed by atoms with van der Waals surface area (Å²) >= 11 is 0. The number of nitrogens with zero attached hydrogens (tertiary/aromatic N) is 2. The maximum absolute atomic E-state index is 5.63. The summed E-state index contributed by atoms with van der Waals surface area (Å²) in [5, 5.41) is 11.5. The van der Waals surface area contributed by atoms with Gasteiger partial charge in [-0.05, 0) is 50.8 Å². The third kappa shape index (κ3) is 3.11. The van der Waals surface area contributed by atoms with Crippen molar-refractivity contribution in [3.8, 4) is 0 Å². The predicted molar refractivity (Wildman–Crippen MR) is 95.6 cm³/mol. The molecule has 0 bridgehead atoms. The van der Waals surface area contributed by atoms with Crippen molar-refractivity contribution in [2.24, 2.45) is 0 Å². The highest BCUT2D eigenvalue weighted by molar-refractivity contribution is 5.28. The number of nitrogens with one attached hydrogen (secondary N) is 2. The monoisotopic (exact) mass is 338 g/mol. The van der Waals surface area contributed by atoms with E-state index in [1.54, 1.807) is 0 Å². The summed E-state index contributed by atoms with van der Waals surface area (Å²) in [6, 6.07) is 11.4. The quantitative estimate of drug-likeness (QED) is 0.848.